The predicted molar refractivity (Wildman–Crippen MR) is 149 cm³/mol. The zero-order chi connectivity index (χ0) is 26.2. The fraction of sp³-hybridized carbons (Fsp3) is 0.200. The molecule has 0 amide bonds. The Morgan fingerprint density at radius 2 is 1.79 bits per heavy atom. The van der Waals surface area contributed by atoms with E-state index in [9.17, 15) is 4.39 Å². The number of para-hydroxylation sites is 1. The van der Waals surface area contributed by atoms with Gasteiger partial charge in [-0.25, -0.2) is 9.37 Å². The number of halogens is 1. The van der Waals surface area contributed by atoms with Gasteiger partial charge in [-0.3, -0.25) is 20.0 Å². The lowest BCUT2D eigenvalue weighted by molar-refractivity contribution is 0.237. The van der Waals surface area contributed by atoms with Gasteiger partial charge in [-0.2, -0.15) is 5.10 Å². The van der Waals surface area contributed by atoms with Crippen molar-refractivity contribution in [3.8, 4) is 39.7 Å². The smallest absolute Gasteiger partial charge is 0.159 e. The van der Waals surface area contributed by atoms with Gasteiger partial charge < -0.3 is 9.72 Å². The van der Waals surface area contributed by atoms with Gasteiger partial charge in [0, 0.05) is 34.8 Å². The summed E-state index contributed by atoms with van der Waals surface area (Å²) in [5, 5.41) is 8.45. The summed E-state index contributed by atoms with van der Waals surface area (Å²) in [7, 11) is 0. The Morgan fingerprint density at radius 3 is 2.69 bits per heavy atom. The zero-order valence-electron chi connectivity index (χ0n) is 21.2. The minimum atomic E-state index is -0.286. The second-order valence-electron chi connectivity index (χ2n) is 9.76. The molecule has 39 heavy (non-hydrogen) atoms. The Bertz CT molecular complexity index is 1790. The molecule has 0 spiro atoms. The van der Waals surface area contributed by atoms with Crippen molar-refractivity contribution in [1.82, 2.24) is 35.0 Å². The molecule has 5 heterocycles. The molecule has 0 aliphatic carbocycles. The van der Waals surface area contributed by atoms with Crippen LogP contribution in [0.1, 0.15) is 12.8 Å². The summed E-state index contributed by atoms with van der Waals surface area (Å²) in [5.41, 5.74) is 5.78. The van der Waals surface area contributed by atoms with Gasteiger partial charge in [-0.1, -0.05) is 30.3 Å². The number of imidazole rings is 1. The van der Waals surface area contributed by atoms with Gasteiger partial charge in [-0.05, 0) is 50.2 Å². The third kappa shape index (κ3) is 4.51. The normalized spacial score (nSPS) is 14.0. The van der Waals surface area contributed by atoms with E-state index in [1.54, 1.807) is 30.7 Å². The number of likely N-dealkylation sites (tertiary alicyclic amines) is 1. The number of rotatable bonds is 7. The van der Waals surface area contributed by atoms with Crippen molar-refractivity contribution in [3.63, 3.8) is 0 Å². The van der Waals surface area contributed by atoms with E-state index in [1.807, 2.05) is 36.4 Å². The van der Waals surface area contributed by atoms with Crippen LogP contribution in [0.15, 0.2) is 73.2 Å². The van der Waals surface area contributed by atoms with Gasteiger partial charge in [-0.15, -0.1) is 0 Å². The fourth-order valence-corrected chi connectivity index (χ4v) is 5.23. The maximum atomic E-state index is 14.6. The van der Waals surface area contributed by atoms with Gasteiger partial charge in [0.05, 0.1) is 34.6 Å². The van der Waals surface area contributed by atoms with Crippen LogP contribution in [0.3, 0.4) is 0 Å². The zero-order valence-corrected chi connectivity index (χ0v) is 21.2. The minimum Gasteiger partial charge on any atom is -0.491 e. The lowest BCUT2D eigenvalue weighted by Crippen LogP contribution is -2.25. The van der Waals surface area contributed by atoms with Gasteiger partial charge in [0.15, 0.2) is 5.82 Å². The Hall–Kier alpha value is -4.63. The van der Waals surface area contributed by atoms with Gasteiger partial charge in [0.2, 0.25) is 0 Å². The molecular formula is C30H26FN7O. The Morgan fingerprint density at radius 1 is 0.923 bits per heavy atom. The standard InChI is InChI=1S/C30H26FN7O/c31-24-8-2-1-6-21(24)22-7-5-9-25-28(22)35-30(34-25)29-23-15-26(33-18-27(23)36-37-29)19-14-20(17-32-16-19)39-13-12-38-10-3-4-11-38/h1-2,5-9,14-18H,3-4,10-13H2,(H,34,35)(H,36,37). The van der Waals surface area contributed by atoms with Crippen molar-refractivity contribution in [1.29, 1.82) is 0 Å². The Labute approximate surface area is 223 Å². The van der Waals surface area contributed by atoms with E-state index in [4.69, 9.17) is 9.72 Å². The molecule has 0 bridgehead atoms. The monoisotopic (exact) mass is 519 g/mol. The second kappa shape index (κ2) is 9.92. The quantitative estimate of drug-likeness (QED) is 0.275. The molecule has 194 valence electrons. The highest BCUT2D eigenvalue weighted by Gasteiger charge is 2.17. The number of pyridine rings is 2. The van der Waals surface area contributed by atoms with Crippen LogP contribution in [0.25, 0.3) is 55.8 Å². The number of ether oxygens (including phenoxy) is 1. The highest BCUT2D eigenvalue weighted by Crippen LogP contribution is 2.33. The van der Waals surface area contributed by atoms with Crippen molar-refractivity contribution in [2.24, 2.45) is 0 Å². The number of nitrogens with zero attached hydrogens (tertiary/aromatic N) is 5. The van der Waals surface area contributed by atoms with Gasteiger partial charge in [0.1, 0.15) is 23.9 Å². The average Bonchev–Trinajstić information content (AvgIpc) is 3.73. The molecule has 0 unspecified atom stereocenters. The lowest BCUT2D eigenvalue weighted by Gasteiger charge is -2.15. The first-order valence-corrected chi connectivity index (χ1v) is 13.1. The third-order valence-electron chi connectivity index (χ3n) is 7.23. The Kier molecular flexibility index (Phi) is 5.97. The van der Waals surface area contributed by atoms with E-state index in [1.165, 1.54) is 18.9 Å². The van der Waals surface area contributed by atoms with Crippen LogP contribution in [-0.2, 0) is 0 Å². The number of nitrogens with one attached hydrogen (secondary N) is 2. The molecule has 7 rings (SSSR count). The van der Waals surface area contributed by atoms with Crippen molar-refractivity contribution >= 4 is 21.9 Å². The van der Waals surface area contributed by atoms with E-state index >= 15 is 0 Å². The number of benzene rings is 2. The summed E-state index contributed by atoms with van der Waals surface area (Å²) < 4.78 is 20.6. The predicted octanol–water partition coefficient (Wildman–Crippen LogP) is 5.84. The van der Waals surface area contributed by atoms with E-state index in [-0.39, 0.29) is 5.82 Å². The van der Waals surface area contributed by atoms with Crippen molar-refractivity contribution < 1.29 is 9.13 Å². The second-order valence-corrected chi connectivity index (χ2v) is 9.76. The third-order valence-corrected chi connectivity index (χ3v) is 7.23. The summed E-state index contributed by atoms with van der Waals surface area (Å²) in [6.07, 6.45) is 7.80. The molecule has 0 radical (unpaired) electrons. The number of aromatic amines is 2. The Balaban J connectivity index is 1.21. The molecule has 1 saturated heterocycles. The molecular weight excluding hydrogens is 493 g/mol. The fourth-order valence-electron chi connectivity index (χ4n) is 5.23. The number of hydrogen-bond acceptors (Lipinski definition) is 6. The first kappa shape index (κ1) is 23.5. The van der Waals surface area contributed by atoms with E-state index in [0.717, 1.165) is 58.6 Å². The summed E-state index contributed by atoms with van der Waals surface area (Å²) in [5.74, 6) is 1.03. The maximum Gasteiger partial charge on any atom is 0.159 e. The van der Waals surface area contributed by atoms with Crippen molar-refractivity contribution in [3.05, 3.63) is 79.0 Å². The topological polar surface area (TPSA) is 95.6 Å². The molecule has 8 nitrogen and oxygen atoms in total. The van der Waals surface area contributed by atoms with Crippen LogP contribution in [-0.4, -0.2) is 61.3 Å². The summed E-state index contributed by atoms with van der Waals surface area (Å²) in [4.78, 5) is 19.6. The van der Waals surface area contributed by atoms with E-state index in [0.29, 0.717) is 29.2 Å². The first-order valence-electron chi connectivity index (χ1n) is 13.1. The number of H-pyrrole nitrogens is 2. The van der Waals surface area contributed by atoms with Crippen molar-refractivity contribution in [2.75, 3.05) is 26.2 Å². The molecule has 2 aromatic carbocycles. The molecule has 6 aromatic rings. The highest BCUT2D eigenvalue weighted by atomic mass is 19.1. The van der Waals surface area contributed by atoms with Crippen LogP contribution in [0.2, 0.25) is 0 Å². The van der Waals surface area contributed by atoms with Crippen molar-refractivity contribution in [2.45, 2.75) is 12.8 Å². The maximum absolute atomic E-state index is 14.6. The molecule has 1 aliphatic rings. The molecule has 0 atom stereocenters. The summed E-state index contributed by atoms with van der Waals surface area (Å²) >= 11 is 0. The number of hydrogen-bond donors (Lipinski definition) is 2. The van der Waals surface area contributed by atoms with E-state index < -0.39 is 0 Å². The summed E-state index contributed by atoms with van der Waals surface area (Å²) in [6.45, 7) is 3.84. The van der Waals surface area contributed by atoms with Crippen LogP contribution >= 0.6 is 0 Å². The summed E-state index contributed by atoms with van der Waals surface area (Å²) in [6, 6.07) is 16.4. The van der Waals surface area contributed by atoms with Crippen LogP contribution in [0, 0.1) is 5.82 Å². The largest absolute Gasteiger partial charge is 0.491 e. The number of fused-ring (bicyclic) bond motifs is 2. The highest BCUT2D eigenvalue weighted by molar-refractivity contribution is 5.97. The minimum absolute atomic E-state index is 0.286. The molecule has 1 fully saturated rings. The molecule has 2 N–H and O–H groups in total. The van der Waals surface area contributed by atoms with Crippen LogP contribution in [0.4, 0.5) is 4.39 Å². The molecule has 4 aromatic heterocycles. The van der Waals surface area contributed by atoms with Gasteiger partial charge >= 0.3 is 0 Å². The van der Waals surface area contributed by atoms with Crippen LogP contribution < -0.4 is 4.74 Å². The molecule has 1 aliphatic heterocycles. The number of aromatic nitrogens is 6. The van der Waals surface area contributed by atoms with Crippen LogP contribution in [0.5, 0.6) is 5.75 Å². The molecule has 0 saturated carbocycles. The lowest BCUT2D eigenvalue weighted by atomic mass is 10.0. The van der Waals surface area contributed by atoms with E-state index in [2.05, 4.69) is 30.0 Å². The SMILES string of the molecule is Fc1ccccc1-c1cccc2[nH]c(-c3n[nH]c4cnc(-c5cncc(OCCN6CCCC6)c5)cc34)nc12. The van der Waals surface area contributed by atoms with Gasteiger partial charge in [0.25, 0.3) is 0 Å². The average molecular weight is 520 g/mol. The molecule has 9 heteroatoms. The first-order chi connectivity index (χ1) is 19.2.